The molecule has 0 aliphatic carbocycles. The molecule has 3 N–H and O–H groups in total. The monoisotopic (exact) mass is 380 g/mol. The van der Waals surface area contributed by atoms with Gasteiger partial charge >= 0.3 is 6.03 Å². The van der Waals surface area contributed by atoms with E-state index in [9.17, 15) is 18.8 Å². The second-order valence-corrected chi connectivity index (χ2v) is 6.52. The lowest BCUT2D eigenvalue weighted by Gasteiger charge is -2.13. The van der Waals surface area contributed by atoms with Gasteiger partial charge in [0.1, 0.15) is 18.4 Å². The van der Waals surface area contributed by atoms with Gasteiger partial charge in [-0.1, -0.05) is 30.3 Å². The average molecular weight is 380 g/mol. The quantitative estimate of drug-likeness (QED) is 0.594. The molecule has 0 saturated carbocycles. The topological polar surface area (TPSA) is 94.3 Å². The Morgan fingerprint density at radius 1 is 1.11 bits per heavy atom. The Bertz CT molecular complexity index is 1080. The van der Waals surface area contributed by atoms with E-state index in [0.29, 0.717) is 6.42 Å². The highest BCUT2D eigenvalue weighted by Gasteiger charge is 2.39. The average Bonchev–Trinajstić information content (AvgIpc) is 3.20. The number of anilines is 1. The third-order valence-corrected chi connectivity index (χ3v) is 4.66. The van der Waals surface area contributed by atoms with Crippen LogP contribution in [0, 0.1) is 5.82 Å². The van der Waals surface area contributed by atoms with Gasteiger partial charge < -0.3 is 15.6 Å². The van der Waals surface area contributed by atoms with Crippen molar-refractivity contribution in [2.45, 2.75) is 12.5 Å². The van der Waals surface area contributed by atoms with Gasteiger partial charge in [0.25, 0.3) is 5.91 Å². The molecule has 1 aromatic heterocycles. The molecule has 8 heteroatoms. The maximum Gasteiger partial charge on any atom is 0.325 e. The van der Waals surface area contributed by atoms with Crippen LogP contribution in [-0.4, -0.2) is 40.3 Å². The number of para-hydroxylation sites is 2. The maximum atomic E-state index is 13.6. The number of H-pyrrole nitrogens is 1. The van der Waals surface area contributed by atoms with Gasteiger partial charge in [0, 0.05) is 23.5 Å². The smallest absolute Gasteiger partial charge is 0.325 e. The number of carbonyl (C=O) groups excluding carboxylic acids is 3. The summed E-state index contributed by atoms with van der Waals surface area (Å²) in [5.74, 6) is -1.73. The van der Waals surface area contributed by atoms with Crippen molar-refractivity contribution in [3.05, 3.63) is 66.1 Å². The van der Waals surface area contributed by atoms with Crippen molar-refractivity contribution in [1.29, 1.82) is 0 Å². The van der Waals surface area contributed by atoms with Gasteiger partial charge in [-0.3, -0.25) is 14.5 Å². The predicted octanol–water partition coefficient (Wildman–Crippen LogP) is 2.41. The van der Waals surface area contributed by atoms with E-state index in [0.717, 1.165) is 21.4 Å². The molecule has 0 spiro atoms. The zero-order chi connectivity index (χ0) is 19.7. The summed E-state index contributed by atoms with van der Waals surface area (Å²) < 4.78 is 13.6. The van der Waals surface area contributed by atoms with Gasteiger partial charge in [0.05, 0.1) is 5.69 Å². The number of nitrogens with one attached hydrogen (secondary N) is 3. The van der Waals surface area contributed by atoms with Crippen LogP contribution in [0.1, 0.15) is 5.56 Å². The number of rotatable bonds is 5. The normalized spacial score (nSPS) is 16.5. The Morgan fingerprint density at radius 3 is 2.68 bits per heavy atom. The first-order valence-electron chi connectivity index (χ1n) is 8.74. The zero-order valence-corrected chi connectivity index (χ0v) is 14.7. The summed E-state index contributed by atoms with van der Waals surface area (Å²) >= 11 is 0. The molecular formula is C20H17FN4O3. The molecule has 1 aliphatic rings. The minimum Gasteiger partial charge on any atom is -0.361 e. The van der Waals surface area contributed by atoms with Crippen LogP contribution in [0.4, 0.5) is 14.9 Å². The van der Waals surface area contributed by atoms with Gasteiger partial charge in [-0.25, -0.2) is 9.18 Å². The van der Waals surface area contributed by atoms with Crippen LogP contribution in [0.2, 0.25) is 0 Å². The van der Waals surface area contributed by atoms with E-state index >= 15 is 0 Å². The van der Waals surface area contributed by atoms with Crippen molar-refractivity contribution in [2.24, 2.45) is 0 Å². The van der Waals surface area contributed by atoms with Crippen LogP contribution in [0.25, 0.3) is 10.9 Å². The fourth-order valence-electron chi connectivity index (χ4n) is 3.28. The fourth-order valence-corrected chi connectivity index (χ4v) is 3.28. The molecule has 4 rings (SSSR count). The molecule has 28 heavy (non-hydrogen) atoms. The number of carbonyl (C=O) groups is 3. The number of hydrogen-bond donors (Lipinski definition) is 3. The molecule has 0 radical (unpaired) electrons. The highest BCUT2D eigenvalue weighted by atomic mass is 19.1. The SMILES string of the molecule is O=C(CN1C(=O)N[C@@H](Cc2c[nH]c3ccccc23)C1=O)Nc1ccccc1F. The fraction of sp³-hybridized carbons (Fsp3) is 0.150. The molecule has 7 nitrogen and oxygen atoms in total. The van der Waals surface area contributed by atoms with Crippen LogP contribution in [-0.2, 0) is 16.0 Å². The molecular weight excluding hydrogens is 363 g/mol. The summed E-state index contributed by atoms with van der Waals surface area (Å²) in [5, 5.41) is 5.95. The number of aromatic amines is 1. The van der Waals surface area contributed by atoms with E-state index in [1.54, 1.807) is 12.3 Å². The summed E-state index contributed by atoms with van der Waals surface area (Å²) in [6.45, 7) is -0.483. The first-order chi connectivity index (χ1) is 13.5. The Morgan fingerprint density at radius 2 is 1.86 bits per heavy atom. The number of imide groups is 1. The molecule has 142 valence electrons. The van der Waals surface area contributed by atoms with Crippen LogP contribution in [0.3, 0.4) is 0 Å². The van der Waals surface area contributed by atoms with Crippen molar-refractivity contribution >= 4 is 34.4 Å². The number of hydrogen-bond acceptors (Lipinski definition) is 3. The van der Waals surface area contributed by atoms with Crippen molar-refractivity contribution in [1.82, 2.24) is 15.2 Å². The lowest BCUT2D eigenvalue weighted by Crippen LogP contribution is -2.38. The largest absolute Gasteiger partial charge is 0.361 e. The standard InChI is InChI=1S/C20H17FN4O3/c21-14-6-2-4-8-16(14)23-18(26)11-25-19(27)17(24-20(25)28)9-12-10-22-15-7-3-1-5-13(12)15/h1-8,10,17,22H,9,11H2,(H,23,26)(H,24,28)/t17-/m0/s1. The summed E-state index contributed by atoms with van der Waals surface area (Å²) in [5.41, 5.74) is 1.83. The number of nitrogens with zero attached hydrogens (tertiary/aromatic N) is 1. The van der Waals surface area contributed by atoms with Crippen LogP contribution in [0.15, 0.2) is 54.7 Å². The molecule has 1 saturated heterocycles. The molecule has 1 aliphatic heterocycles. The Hall–Kier alpha value is -3.68. The second kappa shape index (κ2) is 7.15. The number of halogens is 1. The summed E-state index contributed by atoms with van der Waals surface area (Å²) in [6, 6.07) is 11.9. The van der Waals surface area contributed by atoms with Crippen LogP contribution in [0.5, 0.6) is 0 Å². The van der Waals surface area contributed by atoms with E-state index < -0.39 is 36.2 Å². The van der Waals surface area contributed by atoms with Crippen LogP contribution >= 0.6 is 0 Å². The summed E-state index contributed by atoms with van der Waals surface area (Å²) in [7, 11) is 0. The molecule has 0 unspecified atom stereocenters. The van der Waals surface area contributed by atoms with E-state index in [1.807, 2.05) is 24.3 Å². The molecule has 0 bridgehead atoms. The highest BCUT2D eigenvalue weighted by molar-refractivity contribution is 6.08. The van der Waals surface area contributed by atoms with Gasteiger partial charge in [0.2, 0.25) is 5.91 Å². The van der Waals surface area contributed by atoms with Crippen LogP contribution < -0.4 is 10.6 Å². The molecule has 1 fully saturated rings. The lowest BCUT2D eigenvalue weighted by molar-refractivity contribution is -0.130. The zero-order valence-electron chi connectivity index (χ0n) is 14.7. The Kier molecular flexibility index (Phi) is 4.52. The van der Waals surface area contributed by atoms with Gasteiger partial charge in [-0.15, -0.1) is 0 Å². The number of aromatic nitrogens is 1. The predicted molar refractivity (Wildman–Crippen MR) is 101 cm³/mol. The van der Waals surface area contributed by atoms with E-state index in [-0.39, 0.29) is 5.69 Å². The van der Waals surface area contributed by atoms with Crippen molar-refractivity contribution in [3.63, 3.8) is 0 Å². The highest BCUT2D eigenvalue weighted by Crippen LogP contribution is 2.21. The first-order valence-corrected chi connectivity index (χ1v) is 8.74. The summed E-state index contributed by atoms with van der Waals surface area (Å²) in [4.78, 5) is 40.9. The third-order valence-electron chi connectivity index (χ3n) is 4.66. The molecule has 2 aromatic carbocycles. The third kappa shape index (κ3) is 3.32. The van der Waals surface area contributed by atoms with Crippen molar-refractivity contribution < 1.29 is 18.8 Å². The van der Waals surface area contributed by atoms with E-state index in [2.05, 4.69) is 15.6 Å². The minimum atomic E-state index is -0.757. The molecule has 3 aromatic rings. The van der Waals surface area contributed by atoms with Gasteiger partial charge in [-0.05, 0) is 23.8 Å². The minimum absolute atomic E-state index is 0.00473. The molecule has 4 amide bonds. The second-order valence-electron chi connectivity index (χ2n) is 6.52. The molecule has 1 atom stereocenters. The van der Waals surface area contributed by atoms with Gasteiger partial charge in [0.15, 0.2) is 0 Å². The number of fused-ring (bicyclic) bond motifs is 1. The van der Waals surface area contributed by atoms with E-state index in [1.165, 1.54) is 18.2 Å². The maximum absolute atomic E-state index is 13.6. The summed E-state index contributed by atoms with van der Waals surface area (Å²) in [6.07, 6.45) is 2.11. The lowest BCUT2D eigenvalue weighted by atomic mass is 10.1. The van der Waals surface area contributed by atoms with E-state index in [4.69, 9.17) is 0 Å². The first kappa shape index (κ1) is 17.7. The number of urea groups is 1. The molecule has 2 heterocycles. The Balaban J connectivity index is 1.44. The number of benzene rings is 2. The van der Waals surface area contributed by atoms with Gasteiger partial charge in [-0.2, -0.15) is 0 Å². The Labute approximate surface area is 159 Å². The van der Waals surface area contributed by atoms with Crippen molar-refractivity contribution in [2.75, 3.05) is 11.9 Å². The van der Waals surface area contributed by atoms with Crippen molar-refractivity contribution in [3.8, 4) is 0 Å². The number of amides is 4.